The number of hydrogen-bond donors (Lipinski definition) is 1. The highest BCUT2D eigenvalue weighted by atomic mass is 35.5. The summed E-state index contributed by atoms with van der Waals surface area (Å²) in [7, 11) is 1.55. The Balaban J connectivity index is 1.25. The van der Waals surface area contributed by atoms with Gasteiger partial charge in [0.05, 0.1) is 34.4 Å². The van der Waals surface area contributed by atoms with Crippen molar-refractivity contribution in [2.75, 3.05) is 18.2 Å². The predicted molar refractivity (Wildman–Crippen MR) is 154 cm³/mol. The zero-order valence-electron chi connectivity index (χ0n) is 21.3. The zero-order chi connectivity index (χ0) is 26.9. The van der Waals surface area contributed by atoms with E-state index in [1.54, 1.807) is 29.8 Å². The summed E-state index contributed by atoms with van der Waals surface area (Å²) in [5.74, 6) is 2.15. The van der Waals surface area contributed by atoms with Crippen molar-refractivity contribution in [2.45, 2.75) is 25.0 Å². The number of amides is 1. The standard InChI is InChI=1S/C28H24ClN7O2S/c1-17-30-22-9-5-6-10-23(22)35(17)14-13-25-33-27-19-7-3-4-8-21(19)32-28(36(27)34-25)39-16-26(37)31-18-11-12-24(38-2)20(29)15-18/h3-12,15H,13-14,16H2,1-2H3,(H,31,37). The minimum atomic E-state index is -0.188. The molecule has 0 saturated heterocycles. The van der Waals surface area contributed by atoms with Crippen LogP contribution in [-0.4, -0.2) is 47.9 Å². The van der Waals surface area contributed by atoms with Crippen LogP contribution in [0.15, 0.2) is 71.9 Å². The third kappa shape index (κ3) is 5.00. The van der Waals surface area contributed by atoms with Crippen molar-refractivity contribution in [3.63, 3.8) is 0 Å². The Morgan fingerprint density at radius 3 is 2.64 bits per heavy atom. The van der Waals surface area contributed by atoms with Gasteiger partial charge < -0.3 is 14.6 Å². The molecule has 196 valence electrons. The van der Waals surface area contributed by atoms with Crippen LogP contribution in [0.4, 0.5) is 5.69 Å². The first-order chi connectivity index (χ1) is 19.0. The average molecular weight is 558 g/mol. The molecule has 1 amide bonds. The van der Waals surface area contributed by atoms with E-state index in [4.69, 9.17) is 31.4 Å². The van der Waals surface area contributed by atoms with Gasteiger partial charge in [-0.25, -0.2) is 15.0 Å². The Morgan fingerprint density at radius 1 is 1.03 bits per heavy atom. The van der Waals surface area contributed by atoms with Gasteiger partial charge in [0.25, 0.3) is 0 Å². The Kier molecular flexibility index (Phi) is 6.80. The molecule has 6 aromatic rings. The maximum Gasteiger partial charge on any atom is 0.234 e. The van der Waals surface area contributed by atoms with E-state index in [9.17, 15) is 4.79 Å². The van der Waals surface area contributed by atoms with E-state index >= 15 is 0 Å². The Labute approximate surface area is 233 Å². The monoisotopic (exact) mass is 557 g/mol. The first kappa shape index (κ1) is 25.1. The number of aryl methyl sites for hydroxylation is 3. The highest BCUT2D eigenvalue weighted by molar-refractivity contribution is 7.99. The van der Waals surface area contributed by atoms with E-state index in [0.29, 0.717) is 46.1 Å². The summed E-state index contributed by atoms with van der Waals surface area (Å²) < 4.78 is 9.09. The number of nitrogens with one attached hydrogen (secondary N) is 1. The number of hydrogen-bond acceptors (Lipinski definition) is 7. The summed E-state index contributed by atoms with van der Waals surface area (Å²) in [6.45, 7) is 2.71. The molecule has 11 heteroatoms. The van der Waals surface area contributed by atoms with Gasteiger partial charge in [0.15, 0.2) is 16.6 Å². The molecule has 0 atom stereocenters. The zero-order valence-corrected chi connectivity index (χ0v) is 22.8. The molecule has 0 aliphatic carbocycles. The van der Waals surface area contributed by atoms with E-state index in [-0.39, 0.29) is 11.7 Å². The predicted octanol–water partition coefficient (Wildman–Crippen LogP) is 5.57. The molecule has 0 unspecified atom stereocenters. The Morgan fingerprint density at radius 2 is 1.82 bits per heavy atom. The van der Waals surface area contributed by atoms with Gasteiger partial charge in [-0.15, -0.1) is 5.10 Å². The minimum absolute atomic E-state index is 0.138. The number of aromatic nitrogens is 6. The molecule has 9 nitrogen and oxygen atoms in total. The third-order valence-electron chi connectivity index (χ3n) is 6.37. The van der Waals surface area contributed by atoms with E-state index in [1.807, 2.05) is 49.4 Å². The number of methoxy groups -OCH3 is 1. The SMILES string of the molecule is COc1ccc(NC(=O)CSc2nc3ccccc3c3nc(CCn4c(C)nc5ccccc54)nn23)cc1Cl. The number of thioether (sulfide) groups is 1. The number of carbonyl (C=O) groups is 1. The van der Waals surface area contributed by atoms with Crippen molar-refractivity contribution in [2.24, 2.45) is 0 Å². The van der Waals surface area contributed by atoms with Gasteiger partial charge in [-0.1, -0.05) is 47.6 Å². The van der Waals surface area contributed by atoms with Crippen LogP contribution in [0.1, 0.15) is 11.6 Å². The molecule has 0 saturated carbocycles. The van der Waals surface area contributed by atoms with Crippen LogP contribution in [0.3, 0.4) is 0 Å². The van der Waals surface area contributed by atoms with Crippen molar-refractivity contribution >= 4 is 62.5 Å². The van der Waals surface area contributed by atoms with Gasteiger partial charge in [0, 0.05) is 24.0 Å². The van der Waals surface area contributed by atoms with Crippen LogP contribution in [0.25, 0.3) is 27.6 Å². The molecule has 3 aromatic heterocycles. The summed E-state index contributed by atoms with van der Waals surface area (Å²) in [6.07, 6.45) is 0.625. The smallest absolute Gasteiger partial charge is 0.234 e. The first-order valence-corrected chi connectivity index (χ1v) is 13.7. The molecule has 0 spiro atoms. The van der Waals surface area contributed by atoms with Gasteiger partial charge in [-0.2, -0.15) is 4.52 Å². The van der Waals surface area contributed by atoms with Crippen molar-refractivity contribution in [3.8, 4) is 5.75 Å². The molecule has 3 aromatic carbocycles. The number of rotatable bonds is 8. The van der Waals surface area contributed by atoms with Crippen LogP contribution in [-0.2, 0) is 17.8 Å². The maximum atomic E-state index is 12.7. The molecule has 3 heterocycles. The largest absolute Gasteiger partial charge is 0.495 e. The lowest BCUT2D eigenvalue weighted by Crippen LogP contribution is -2.14. The Hall–Kier alpha value is -4.15. The summed E-state index contributed by atoms with van der Waals surface area (Å²) in [5, 5.41) is 9.58. The molecule has 0 bridgehead atoms. The lowest BCUT2D eigenvalue weighted by atomic mass is 10.2. The van der Waals surface area contributed by atoms with E-state index in [1.165, 1.54) is 11.8 Å². The fourth-order valence-corrected chi connectivity index (χ4v) is 5.54. The van der Waals surface area contributed by atoms with Crippen molar-refractivity contribution in [3.05, 3.63) is 83.4 Å². The normalized spacial score (nSPS) is 11.5. The number of anilines is 1. The summed E-state index contributed by atoms with van der Waals surface area (Å²) in [5.41, 5.74) is 4.17. The van der Waals surface area contributed by atoms with Gasteiger partial charge in [-0.05, 0) is 49.4 Å². The summed E-state index contributed by atoms with van der Waals surface area (Å²) in [4.78, 5) is 27.1. The summed E-state index contributed by atoms with van der Waals surface area (Å²) >= 11 is 7.49. The molecule has 6 rings (SSSR count). The number of imidazole rings is 1. The lowest BCUT2D eigenvalue weighted by Gasteiger charge is -2.09. The number of benzene rings is 3. The van der Waals surface area contributed by atoms with Crippen LogP contribution in [0, 0.1) is 6.92 Å². The molecule has 0 radical (unpaired) electrons. The van der Waals surface area contributed by atoms with Crippen LogP contribution >= 0.6 is 23.4 Å². The second-order valence-corrected chi connectivity index (χ2v) is 10.3. The molecule has 0 fully saturated rings. The highest BCUT2D eigenvalue weighted by Gasteiger charge is 2.16. The molecule has 39 heavy (non-hydrogen) atoms. The second kappa shape index (κ2) is 10.5. The van der Waals surface area contributed by atoms with E-state index < -0.39 is 0 Å². The first-order valence-electron chi connectivity index (χ1n) is 12.3. The number of fused-ring (bicyclic) bond motifs is 4. The maximum absolute atomic E-state index is 12.7. The fraction of sp³-hybridized carbons (Fsp3) is 0.179. The van der Waals surface area contributed by atoms with Crippen molar-refractivity contribution in [1.82, 2.24) is 29.1 Å². The minimum Gasteiger partial charge on any atom is -0.495 e. The van der Waals surface area contributed by atoms with Gasteiger partial charge in [-0.3, -0.25) is 4.79 Å². The van der Waals surface area contributed by atoms with Gasteiger partial charge in [0.2, 0.25) is 5.91 Å². The quantitative estimate of drug-likeness (QED) is 0.193. The van der Waals surface area contributed by atoms with Crippen LogP contribution < -0.4 is 10.1 Å². The van der Waals surface area contributed by atoms with E-state index in [2.05, 4.69) is 20.9 Å². The fourth-order valence-electron chi connectivity index (χ4n) is 4.53. The molecular formula is C28H24ClN7O2S. The number of carbonyl (C=O) groups excluding carboxylic acids is 1. The van der Waals surface area contributed by atoms with Gasteiger partial charge in [0.1, 0.15) is 11.6 Å². The third-order valence-corrected chi connectivity index (χ3v) is 7.59. The number of para-hydroxylation sites is 3. The summed E-state index contributed by atoms with van der Waals surface area (Å²) in [6, 6.07) is 21.0. The van der Waals surface area contributed by atoms with Crippen molar-refractivity contribution < 1.29 is 9.53 Å². The second-order valence-electron chi connectivity index (χ2n) is 8.91. The highest BCUT2D eigenvalue weighted by Crippen LogP contribution is 2.28. The van der Waals surface area contributed by atoms with Crippen LogP contribution in [0.2, 0.25) is 5.02 Å². The van der Waals surface area contributed by atoms with Crippen molar-refractivity contribution in [1.29, 1.82) is 0 Å². The van der Waals surface area contributed by atoms with E-state index in [0.717, 1.165) is 27.8 Å². The topological polar surface area (TPSA) is 99.2 Å². The number of nitrogens with zero attached hydrogens (tertiary/aromatic N) is 6. The van der Waals surface area contributed by atoms with Crippen LogP contribution in [0.5, 0.6) is 5.75 Å². The Bertz CT molecular complexity index is 1850. The lowest BCUT2D eigenvalue weighted by molar-refractivity contribution is -0.113. The average Bonchev–Trinajstić information content (AvgIpc) is 3.51. The molecule has 0 aliphatic heterocycles. The number of ether oxygens (including phenoxy) is 1. The molecule has 0 aliphatic rings. The molecular weight excluding hydrogens is 534 g/mol. The molecule has 1 N–H and O–H groups in total. The number of halogens is 1. The van der Waals surface area contributed by atoms with Gasteiger partial charge >= 0.3 is 0 Å².